The van der Waals surface area contributed by atoms with Crippen LogP contribution in [0.25, 0.3) is 21.8 Å². The number of amides is 1. The Bertz CT molecular complexity index is 1180. The van der Waals surface area contributed by atoms with E-state index >= 15 is 0 Å². The number of carbonyl (C=O) groups is 1. The Morgan fingerprint density at radius 3 is 2.44 bits per heavy atom. The smallest absolute Gasteiger partial charge is 0.255 e. The van der Waals surface area contributed by atoms with E-state index in [2.05, 4.69) is 10.3 Å². The summed E-state index contributed by atoms with van der Waals surface area (Å²) in [6.07, 6.45) is 0. The molecule has 0 unspecified atom stereocenters. The van der Waals surface area contributed by atoms with E-state index in [0.717, 1.165) is 22.3 Å². The van der Waals surface area contributed by atoms with Crippen molar-refractivity contribution in [3.63, 3.8) is 0 Å². The van der Waals surface area contributed by atoms with Crippen LogP contribution >= 0.6 is 0 Å². The van der Waals surface area contributed by atoms with Gasteiger partial charge in [-0.1, -0.05) is 30.3 Å². The molecule has 1 heterocycles. The van der Waals surface area contributed by atoms with Gasteiger partial charge in [-0.2, -0.15) is 0 Å². The minimum atomic E-state index is -0.233. The SMILES string of the molecule is Cc1ccccc1NC(=O)c1ccc2[nH]c3ccccc3c(=O)c2c1. The van der Waals surface area contributed by atoms with Crippen LogP contribution in [-0.4, -0.2) is 10.9 Å². The predicted molar refractivity (Wildman–Crippen MR) is 101 cm³/mol. The number of hydrogen-bond acceptors (Lipinski definition) is 2. The van der Waals surface area contributed by atoms with Gasteiger partial charge in [0, 0.05) is 33.1 Å². The van der Waals surface area contributed by atoms with Gasteiger partial charge in [0.05, 0.1) is 0 Å². The minimum absolute atomic E-state index is 0.0742. The molecule has 0 aliphatic carbocycles. The molecule has 0 atom stereocenters. The monoisotopic (exact) mass is 328 g/mol. The van der Waals surface area contributed by atoms with Crippen molar-refractivity contribution in [2.24, 2.45) is 0 Å². The molecule has 0 saturated carbocycles. The Balaban J connectivity index is 1.79. The second-order valence-electron chi connectivity index (χ2n) is 6.03. The number of rotatable bonds is 2. The topological polar surface area (TPSA) is 62.0 Å². The number of benzene rings is 3. The van der Waals surface area contributed by atoms with Gasteiger partial charge in [0.1, 0.15) is 0 Å². The molecule has 0 saturated heterocycles. The van der Waals surface area contributed by atoms with Gasteiger partial charge in [-0.3, -0.25) is 9.59 Å². The van der Waals surface area contributed by atoms with Crippen LogP contribution in [0.5, 0.6) is 0 Å². The first-order valence-electron chi connectivity index (χ1n) is 8.05. The number of aromatic nitrogens is 1. The van der Waals surface area contributed by atoms with Crippen molar-refractivity contribution in [1.29, 1.82) is 0 Å². The van der Waals surface area contributed by atoms with Crippen molar-refractivity contribution in [2.45, 2.75) is 6.92 Å². The van der Waals surface area contributed by atoms with Crippen molar-refractivity contribution in [1.82, 2.24) is 4.98 Å². The number of nitrogens with one attached hydrogen (secondary N) is 2. The lowest BCUT2D eigenvalue weighted by Crippen LogP contribution is -2.13. The summed E-state index contributed by atoms with van der Waals surface area (Å²) < 4.78 is 0. The number of para-hydroxylation sites is 2. The van der Waals surface area contributed by atoms with E-state index in [9.17, 15) is 9.59 Å². The van der Waals surface area contributed by atoms with Crippen LogP contribution in [0.2, 0.25) is 0 Å². The summed E-state index contributed by atoms with van der Waals surface area (Å²) in [7, 11) is 0. The minimum Gasteiger partial charge on any atom is -0.354 e. The maximum atomic E-state index is 12.7. The predicted octanol–water partition coefficient (Wildman–Crippen LogP) is 4.24. The highest BCUT2D eigenvalue weighted by molar-refractivity contribution is 6.07. The number of H-pyrrole nitrogens is 1. The van der Waals surface area contributed by atoms with E-state index in [1.807, 2.05) is 49.4 Å². The van der Waals surface area contributed by atoms with Crippen LogP contribution in [0.15, 0.2) is 71.5 Å². The largest absolute Gasteiger partial charge is 0.354 e. The number of aromatic amines is 1. The second kappa shape index (κ2) is 5.91. The number of fused-ring (bicyclic) bond motifs is 2. The fourth-order valence-corrected chi connectivity index (χ4v) is 2.97. The van der Waals surface area contributed by atoms with E-state index in [1.165, 1.54) is 0 Å². The summed E-state index contributed by atoms with van der Waals surface area (Å²) in [6.45, 7) is 1.94. The molecule has 0 spiro atoms. The summed E-state index contributed by atoms with van der Waals surface area (Å²) in [4.78, 5) is 28.5. The quantitative estimate of drug-likeness (QED) is 0.541. The molecule has 1 aromatic heterocycles. The molecule has 122 valence electrons. The van der Waals surface area contributed by atoms with Crippen LogP contribution < -0.4 is 10.7 Å². The molecular weight excluding hydrogens is 312 g/mol. The summed E-state index contributed by atoms with van der Waals surface area (Å²) in [5.41, 5.74) is 3.64. The standard InChI is InChI=1S/C21H16N2O2/c1-13-6-2-4-8-17(13)23-21(25)14-10-11-19-16(12-14)20(24)15-7-3-5-9-18(15)22-19/h2-12H,1H3,(H,22,24)(H,23,25). The van der Waals surface area contributed by atoms with Crippen molar-refractivity contribution in [3.8, 4) is 0 Å². The second-order valence-corrected chi connectivity index (χ2v) is 6.03. The van der Waals surface area contributed by atoms with Crippen molar-refractivity contribution in [2.75, 3.05) is 5.32 Å². The summed E-state index contributed by atoms with van der Waals surface area (Å²) >= 11 is 0. The molecule has 0 radical (unpaired) electrons. The third kappa shape index (κ3) is 2.68. The third-order valence-electron chi connectivity index (χ3n) is 4.36. The molecule has 2 N–H and O–H groups in total. The van der Waals surface area contributed by atoms with E-state index in [-0.39, 0.29) is 11.3 Å². The number of pyridine rings is 1. The summed E-state index contributed by atoms with van der Waals surface area (Å²) in [5, 5.41) is 4.02. The first-order chi connectivity index (χ1) is 12.1. The summed E-state index contributed by atoms with van der Waals surface area (Å²) in [6, 6.07) is 20.1. The van der Waals surface area contributed by atoms with Gasteiger partial charge < -0.3 is 10.3 Å². The van der Waals surface area contributed by atoms with Crippen LogP contribution in [0.1, 0.15) is 15.9 Å². The zero-order valence-electron chi connectivity index (χ0n) is 13.7. The number of carbonyl (C=O) groups excluding carboxylic acids is 1. The molecule has 25 heavy (non-hydrogen) atoms. The molecule has 4 rings (SSSR count). The van der Waals surface area contributed by atoms with Gasteiger partial charge in [0.25, 0.3) is 5.91 Å². The molecular formula is C21H16N2O2. The van der Waals surface area contributed by atoms with Crippen LogP contribution in [0.3, 0.4) is 0 Å². The zero-order valence-corrected chi connectivity index (χ0v) is 13.7. The molecule has 0 aliphatic rings. The first kappa shape index (κ1) is 15.1. The van der Waals surface area contributed by atoms with Gasteiger partial charge in [-0.25, -0.2) is 0 Å². The molecule has 4 heteroatoms. The lowest BCUT2D eigenvalue weighted by atomic mass is 10.1. The van der Waals surface area contributed by atoms with Crippen LogP contribution in [-0.2, 0) is 0 Å². The number of anilines is 1. The van der Waals surface area contributed by atoms with E-state index < -0.39 is 0 Å². The van der Waals surface area contributed by atoms with Crippen LogP contribution in [0.4, 0.5) is 5.69 Å². The molecule has 1 amide bonds. The highest BCUT2D eigenvalue weighted by atomic mass is 16.1. The van der Waals surface area contributed by atoms with Gasteiger partial charge in [-0.15, -0.1) is 0 Å². The number of aryl methyl sites for hydroxylation is 1. The van der Waals surface area contributed by atoms with Gasteiger partial charge in [-0.05, 0) is 48.9 Å². The molecule has 3 aromatic carbocycles. The average Bonchev–Trinajstić information content (AvgIpc) is 2.63. The van der Waals surface area contributed by atoms with E-state index in [1.54, 1.807) is 24.3 Å². The van der Waals surface area contributed by atoms with Crippen LogP contribution in [0, 0.1) is 6.92 Å². The lowest BCUT2D eigenvalue weighted by Gasteiger charge is -2.09. The molecule has 0 bridgehead atoms. The third-order valence-corrected chi connectivity index (χ3v) is 4.36. The molecule has 0 aliphatic heterocycles. The van der Waals surface area contributed by atoms with E-state index in [4.69, 9.17) is 0 Å². The molecule has 0 fully saturated rings. The maximum Gasteiger partial charge on any atom is 0.255 e. The highest BCUT2D eigenvalue weighted by Gasteiger charge is 2.11. The highest BCUT2D eigenvalue weighted by Crippen LogP contribution is 2.18. The van der Waals surface area contributed by atoms with Crippen molar-refractivity contribution >= 4 is 33.4 Å². The van der Waals surface area contributed by atoms with E-state index in [0.29, 0.717) is 16.3 Å². The van der Waals surface area contributed by atoms with Gasteiger partial charge >= 0.3 is 0 Å². The first-order valence-corrected chi connectivity index (χ1v) is 8.05. The zero-order chi connectivity index (χ0) is 17.4. The van der Waals surface area contributed by atoms with Crippen molar-refractivity contribution < 1.29 is 4.79 Å². The molecule has 4 aromatic rings. The Kier molecular flexibility index (Phi) is 3.58. The fourth-order valence-electron chi connectivity index (χ4n) is 2.97. The average molecular weight is 328 g/mol. The Labute approximate surface area is 144 Å². The molecule has 4 nitrogen and oxygen atoms in total. The lowest BCUT2D eigenvalue weighted by molar-refractivity contribution is 0.102. The number of hydrogen-bond donors (Lipinski definition) is 2. The van der Waals surface area contributed by atoms with Gasteiger partial charge in [0.2, 0.25) is 0 Å². The Morgan fingerprint density at radius 1 is 0.880 bits per heavy atom. The fraction of sp³-hybridized carbons (Fsp3) is 0.0476. The summed E-state index contributed by atoms with van der Waals surface area (Å²) in [5.74, 6) is -0.233. The normalized spacial score (nSPS) is 10.9. The van der Waals surface area contributed by atoms with Crippen molar-refractivity contribution in [3.05, 3.63) is 88.1 Å². The van der Waals surface area contributed by atoms with Gasteiger partial charge in [0.15, 0.2) is 5.43 Å². The Hall–Kier alpha value is -3.40. The Morgan fingerprint density at radius 2 is 1.60 bits per heavy atom. The maximum absolute atomic E-state index is 12.7.